The summed E-state index contributed by atoms with van der Waals surface area (Å²) in [5, 5.41) is 11.8. The van der Waals surface area contributed by atoms with Crippen molar-refractivity contribution in [2.75, 3.05) is 32.8 Å². The number of ketones is 1. The maximum absolute atomic E-state index is 13.3. The summed E-state index contributed by atoms with van der Waals surface area (Å²) in [5.74, 6) is -0.112. The summed E-state index contributed by atoms with van der Waals surface area (Å²) in [5.41, 5.74) is 3.05. The van der Waals surface area contributed by atoms with Gasteiger partial charge in [0.1, 0.15) is 0 Å². The van der Waals surface area contributed by atoms with Gasteiger partial charge in [-0.25, -0.2) is 0 Å². The number of rotatable bonds is 6. The maximum atomic E-state index is 13.3. The Kier molecular flexibility index (Phi) is 5.42. The Morgan fingerprint density at radius 3 is 2.45 bits per heavy atom. The number of hydrogen-bond donors (Lipinski definition) is 0. The predicted octanol–water partition coefficient (Wildman–Crippen LogP) is 3.42. The van der Waals surface area contributed by atoms with Crippen LogP contribution in [-0.4, -0.2) is 53.0 Å². The molecule has 3 aromatic rings. The van der Waals surface area contributed by atoms with Crippen molar-refractivity contribution < 1.29 is 14.5 Å². The molecule has 1 saturated heterocycles. The normalized spacial score (nSPS) is 14.9. The molecule has 150 valence electrons. The van der Waals surface area contributed by atoms with E-state index in [1.165, 1.54) is 24.3 Å². The van der Waals surface area contributed by atoms with Gasteiger partial charge < -0.3 is 9.30 Å². The first-order valence-electron chi connectivity index (χ1n) is 9.73. The van der Waals surface area contributed by atoms with Crippen molar-refractivity contribution in [3.05, 3.63) is 75.5 Å². The average Bonchev–Trinajstić information content (AvgIpc) is 3.03. The maximum Gasteiger partial charge on any atom is 0.269 e. The summed E-state index contributed by atoms with van der Waals surface area (Å²) >= 11 is 0. The van der Waals surface area contributed by atoms with Gasteiger partial charge in [0.25, 0.3) is 5.69 Å². The van der Waals surface area contributed by atoms with Gasteiger partial charge in [-0.05, 0) is 25.1 Å². The number of non-ortho nitro benzene ring substituents is 1. The lowest BCUT2D eigenvalue weighted by Gasteiger charge is -2.27. The van der Waals surface area contributed by atoms with Gasteiger partial charge in [-0.15, -0.1) is 0 Å². The zero-order chi connectivity index (χ0) is 20.4. The summed E-state index contributed by atoms with van der Waals surface area (Å²) in [7, 11) is 0. The lowest BCUT2D eigenvalue weighted by Crippen LogP contribution is -2.38. The SMILES string of the molecule is Cc1c(C(=O)c2ccc([N+](=O)[O-])cc2)c2ccccc2n1CCN1CCOCC1. The molecule has 0 radical (unpaired) electrons. The zero-order valence-corrected chi connectivity index (χ0v) is 16.3. The molecular weight excluding hydrogens is 370 g/mol. The van der Waals surface area contributed by atoms with Crippen molar-refractivity contribution in [3.63, 3.8) is 0 Å². The van der Waals surface area contributed by atoms with Crippen molar-refractivity contribution in [3.8, 4) is 0 Å². The monoisotopic (exact) mass is 393 g/mol. The third-order valence-corrected chi connectivity index (χ3v) is 5.54. The first-order chi connectivity index (χ1) is 14.1. The molecule has 7 nitrogen and oxygen atoms in total. The second kappa shape index (κ2) is 8.14. The Hall–Kier alpha value is -3.03. The highest BCUT2D eigenvalue weighted by Crippen LogP contribution is 2.28. The summed E-state index contributed by atoms with van der Waals surface area (Å²) in [4.78, 5) is 26.1. The van der Waals surface area contributed by atoms with Gasteiger partial charge in [0.05, 0.1) is 23.7 Å². The topological polar surface area (TPSA) is 77.6 Å². The number of fused-ring (bicyclic) bond motifs is 1. The van der Waals surface area contributed by atoms with Gasteiger partial charge >= 0.3 is 0 Å². The number of nitrogens with zero attached hydrogens (tertiary/aromatic N) is 3. The Morgan fingerprint density at radius 1 is 1.07 bits per heavy atom. The van der Waals surface area contributed by atoms with E-state index in [2.05, 4.69) is 9.47 Å². The smallest absolute Gasteiger partial charge is 0.269 e. The number of para-hydroxylation sites is 1. The molecular formula is C22H23N3O4. The number of carbonyl (C=O) groups excluding carboxylic acids is 1. The van der Waals surface area contributed by atoms with Gasteiger partial charge in [-0.1, -0.05) is 18.2 Å². The summed E-state index contributed by atoms with van der Waals surface area (Å²) in [6.45, 7) is 7.02. The molecule has 0 bridgehead atoms. The Bertz CT molecular complexity index is 1050. The van der Waals surface area contributed by atoms with Crippen LogP contribution in [0.5, 0.6) is 0 Å². The molecule has 0 unspecified atom stereocenters. The molecule has 0 spiro atoms. The van der Waals surface area contributed by atoms with E-state index in [0.717, 1.165) is 56.0 Å². The standard InChI is InChI=1S/C22H23N3O4/c1-16-21(22(26)17-6-8-18(9-7-17)25(27)28)19-4-2-3-5-20(19)24(16)11-10-23-12-14-29-15-13-23/h2-9H,10-15H2,1H3. The minimum Gasteiger partial charge on any atom is -0.379 e. The highest BCUT2D eigenvalue weighted by Gasteiger charge is 2.22. The molecule has 0 amide bonds. The van der Waals surface area contributed by atoms with Crippen molar-refractivity contribution >= 4 is 22.4 Å². The minimum absolute atomic E-state index is 0.0220. The second-order valence-corrected chi connectivity index (χ2v) is 7.22. The average molecular weight is 393 g/mol. The number of aromatic nitrogens is 1. The van der Waals surface area contributed by atoms with Crippen LogP contribution in [0, 0.1) is 17.0 Å². The van der Waals surface area contributed by atoms with Crippen LogP contribution < -0.4 is 0 Å². The first-order valence-corrected chi connectivity index (χ1v) is 9.73. The molecule has 0 atom stereocenters. The van der Waals surface area contributed by atoms with Crippen molar-refractivity contribution in [1.82, 2.24) is 9.47 Å². The molecule has 1 aromatic heterocycles. The zero-order valence-electron chi connectivity index (χ0n) is 16.3. The third kappa shape index (κ3) is 3.79. The number of benzene rings is 2. The molecule has 0 saturated carbocycles. The fourth-order valence-corrected chi connectivity index (χ4v) is 3.95. The van der Waals surface area contributed by atoms with Crippen LogP contribution in [0.15, 0.2) is 48.5 Å². The highest BCUT2D eigenvalue weighted by molar-refractivity contribution is 6.17. The van der Waals surface area contributed by atoms with Gasteiger partial charge in [0, 0.05) is 60.5 Å². The molecule has 2 aromatic carbocycles. The number of nitro benzene ring substituents is 1. The quantitative estimate of drug-likeness (QED) is 0.364. The van der Waals surface area contributed by atoms with E-state index in [0.29, 0.717) is 11.1 Å². The first kappa shape index (κ1) is 19.3. The van der Waals surface area contributed by atoms with E-state index in [1.807, 2.05) is 31.2 Å². The largest absolute Gasteiger partial charge is 0.379 e. The lowest BCUT2D eigenvalue weighted by molar-refractivity contribution is -0.384. The van der Waals surface area contributed by atoms with E-state index < -0.39 is 4.92 Å². The number of nitro groups is 1. The Morgan fingerprint density at radius 2 is 1.76 bits per heavy atom. The molecule has 1 fully saturated rings. The Balaban J connectivity index is 1.67. The van der Waals surface area contributed by atoms with Crippen molar-refractivity contribution in [2.24, 2.45) is 0 Å². The number of morpholine rings is 1. The fourth-order valence-electron chi connectivity index (χ4n) is 3.95. The fraction of sp³-hybridized carbons (Fsp3) is 0.318. The summed E-state index contributed by atoms with van der Waals surface area (Å²) in [6, 6.07) is 13.7. The van der Waals surface area contributed by atoms with Crippen LogP contribution in [0.4, 0.5) is 5.69 Å². The van der Waals surface area contributed by atoms with Crippen LogP contribution in [-0.2, 0) is 11.3 Å². The molecule has 1 aliphatic heterocycles. The second-order valence-electron chi connectivity index (χ2n) is 7.22. The predicted molar refractivity (Wildman–Crippen MR) is 110 cm³/mol. The van der Waals surface area contributed by atoms with E-state index in [4.69, 9.17) is 4.74 Å². The number of carbonyl (C=O) groups is 1. The van der Waals surface area contributed by atoms with Gasteiger partial charge in [0.2, 0.25) is 0 Å². The van der Waals surface area contributed by atoms with Crippen LogP contribution in [0.25, 0.3) is 10.9 Å². The number of ether oxygens (including phenoxy) is 1. The van der Waals surface area contributed by atoms with Crippen LogP contribution in [0.1, 0.15) is 21.6 Å². The number of hydrogen-bond acceptors (Lipinski definition) is 5. The molecule has 0 aliphatic carbocycles. The molecule has 2 heterocycles. The summed E-state index contributed by atoms with van der Waals surface area (Å²) < 4.78 is 7.62. The van der Waals surface area contributed by atoms with E-state index in [-0.39, 0.29) is 11.5 Å². The van der Waals surface area contributed by atoms with E-state index >= 15 is 0 Å². The van der Waals surface area contributed by atoms with Crippen molar-refractivity contribution in [2.45, 2.75) is 13.5 Å². The third-order valence-electron chi connectivity index (χ3n) is 5.54. The molecule has 0 N–H and O–H groups in total. The highest BCUT2D eigenvalue weighted by atomic mass is 16.6. The van der Waals surface area contributed by atoms with Crippen molar-refractivity contribution in [1.29, 1.82) is 0 Å². The van der Waals surface area contributed by atoms with Crippen LogP contribution in [0.3, 0.4) is 0 Å². The van der Waals surface area contributed by atoms with Gasteiger partial charge in [-0.2, -0.15) is 0 Å². The molecule has 1 aliphatic rings. The van der Waals surface area contributed by atoms with Gasteiger partial charge in [0.15, 0.2) is 5.78 Å². The summed E-state index contributed by atoms with van der Waals surface area (Å²) in [6.07, 6.45) is 0. The van der Waals surface area contributed by atoms with E-state index in [9.17, 15) is 14.9 Å². The van der Waals surface area contributed by atoms with Crippen LogP contribution in [0.2, 0.25) is 0 Å². The Labute approximate surface area is 168 Å². The lowest BCUT2D eigenvalue weighted by atomic mass is 10.0. The van der Waals surface area contributed by atoms with E-state index in [1.54, 1.807) is 0 Å². The van der Waals surface area contributed by atoms with Crippen LogP contribution >= 0.6 is 0 Å². The van der Waals surface area contributed by atoms with Gasteiger partial charge in [-0.3, -0.25) is 19.8 Å². The molecule has 4 rings (SSSR count). The minimum atomic E-state index is -0.461. The molecule has 7 heteroatoms. The molecule has 29 heavy (non-hydrogen) atoms.